The van der Waals surface area contributed by atoms with Gasteiger partial charge in [-0.2, -0.15) is 4.98 Å². The Kier molecular flexibility index (Phi) is 4.48. The van der Waals surface area contributed by atoms with Gasteiger partial charge in [0.2, 0.25) is 5.91 Å². The number of furan rings is 1. The minimum absolute atomic E-state index is 0.0334. The van der Waals surface area contributed by atoms with Crippen molar-refractivity contribution in [3.05, 3.63) is 59.6 Å². The van der Waals surface area contributed by atoms with Crippen molar-refractivity contribution in [2.75, 3.05) is 0 Å². The second-order valence-electron chi connectivity index (χ2n) is 6.35. The first kappa shape index (κ1) is 17.7. The minimum Gasteiger partial charge on any atom is -0.459 e. The van der Waals surface area contributed by atoms with Gasteiger partial charge >= 0.3 is 0 Å². The van der Waals surface area contributed by atoms with Gasteiger partial charge in [-0.05, 0) is 31.2 Å². The van der Waals surface area contributed by atoms with Crippen LogP contribution < -0.4 is 5.32 Å². The Morgan fingerprint density at radius 2 is 1.86 bits per heavy atom. The van der Waals surface area contributed by atoms with Crippen molar-refractivity contribution in [1.29, 1.82) is 0 Å². The number of nitrogens with one attached hydrogen (secondary N) is 1. The first-order valence-corrected chi connectivity index (χ1v) is 8.64. The summed E-state index contributed by atoms with van der Waals surface area (Å²) in [6.07, 6.45) is 1.45. The van der Waals surface area contributed by atoms with Crippen LogP contribution in [0.3, 0.4) is 0 Å². The van der Waals surface area contributed by atoms with Crippen molar-refractivity contribution >= 4 is 17.7 Å². The number of hydrogen-bond donors (Lipinski definition) is 1. The van der Waals surface area contributed by atoms with E-state index in [4.69, 9.17) is 8.94 Å². The van der Waals surface area contributed by atoms with Crippen molar-refractivity contribution in [1.82, 2.24) is 20.4 Å². The number of nitrogens with zero attached hydrogens (tertiary/aromatic N) is 3. The lowest BCUT2D eigenvalue weighted by atomic mass is 10.1. The summed E-state index contributed by atoms with van der Waals surface area (Å²) in [5.74, 6) is -0.177. The maximum absolute atomic E-state index is 12.5. The molecule has 0 spiro atoms. The predicted octanol–water partition coefficient (Wildman–Crippen LogP) is 2.02. The van der Waals surface area contributed by atoms with Crippen LogP contribution in [0.15, 0.2) is 51.6 Å². The molecular weight excluding hydrogens is 364 g/mol. The zero-order valence-corrected chi connectivity index (χ0v) is 14.9. The first-order valence-electron chi connectivity index (χ1n) is 8.64. The van der Waals surface area contributed by atoms with E-state index in [9.17, 15) is 14.4 Å². The topological polar surface area (TPSA) is 119 Å². The summed E-state index contributed by atoms with van der Waals surface area (Å²) in [7, 11) is 0. The van der Waals surface area contributed by atoms with Crippen LogP contribution in [0, 0.1) is 0 Å². The Bertz CT molecular complexity index is 1010. The maximum atomic E-state index is 12.5. The van der Waals surface area contributed by atoms with Gasteiger partial charge in [-0.3, -0.25) is 19.3 Å². The van der Waals surface area contributed by atoms with E-state index in [1.54, 1.807) is 43.3 Å². The third kappa shape index (κ3) is 3.18. The van der Waals surface area contributed by atoms with Crippen LogP contribution in [0.5, 0.6) is 0 Å². The molecule has 3 amide bonds. The van der Waals surface area contributed by atoms with E-state index in [1.807, 2.05) is 0 Å². The lowest BCUT2D eigenvalue weighted by Crippen LogP contribution is -2.41. The highest BCUT2D eigenvalue weighted by molar-refractivity contribution is 6.21. The number of amides is 3. The molecule has 3 aromatic rings. The Morgan fingerprint density at radius 1 is 1.14 bits per heavy atom. The van der Waals surface area contributed by atoms with Gasteiger partial charge in [0.15, 0.2) is 11.6 Å². The maximum Gasteiger partial charge on any atom is 0.293 e. The number of carbonyl (C=O) groups is 3. The number of hydrogen-bond acceptors (Lipinski definition) is 7. The molecule has 0 unspecified atom stereocenters. The molecule has 1 aliphatic rings. The van der Waals surface area contributed by atoms with E-state index < -0.39 is 6.04 Å². The number of imide groups is 1. The molecule has 0 saturated heterocycles. The normalized spacial score (nSPS) is 14.2. The second-order valence-corrected chi connectivity index (χ2v) is 6.35. The van der Waals surface area contributed by atoms with Crippen molar-refractivity contribution in [2.24, 2.45) is 0 Å². The van der Waals surface area contributed by atoms with Gasteiger partial charge in [-0.25, -0.2) is 0 Å². The molecule has 2 aromatic heterocycles. The van der Waals surface area contributed by atoms with Gasteiger partial charge < -0.3 is 14.3 Å². The lowest BCUT2D eigenvalue weighted by molar-refractivity contribution is -0.122. The summed E-state index contributed by atoms with van der Waals surface area (Å²) >= 11 is 0. The highest BCUT2D eigenvalue weighted by atomic mass is 16.5. The Hall–Kier alpha value is -3.75. The quantitative estimate of drug-likeness (QED) is 0.650. The number of benzene rings is 1. The Labute approximate surface area is 159 Å². The van der Waals surface area contributed by atoms with Crippen LogP contribution in [0.4, 0.5) is 0 Å². The highest BCUT2D eigenvalue weighted by Gasteiger charge is 2.38. The number of carbonyl (C=O) groups excluding carboxylic acids is 3. The summed E-state index contributed by atoms with van der Waals surface area (Å²) in [4.78, 5) is 42.4. The van der Waals surface area contributed by atoms with Gasteiger partial charge in [0.05, 0.1) is 23.9 Å². The molecular formula is C19H16N4O5. The molecule has 1 aromatic carbocycles. The zero-order chi connectivity index (χ0) is 19.7. The van der Waals surface area contributed by atoms with Gasteiger partial charge in [0, 0.05) is 12.5 Å². The Morgan fingerprint density at radius 3 is 2.50 bits per heavy atom. The molecule has 0 fully saturated rings. The van der Waals surface area contributed by atoms with Gasteiger partial charge in [0.1, 0.15) is 0 Å². The molecule has 28 heavy (non-hydrogen) atoms. The van der Waals surface area contributed by atoms with Crippen LogP contribution >= 0.6 is 0 Å². The highest BCUT2D eigenvalue weighted by Crippen LogP contribution is 2.25. The van der Waals surface area contributed by atoms with Crippen molar-refractivity contribution in [2.45, 2.75) is 25.9 Å². The van der Waals surface area contributed by atoms with Gasteiger partial charge in [-0.15, -0.1) is 0 Å². The number of fused-ring (bicyclic) bond motifs is 1. The van der Waals surface area contributed by atoms with Crippen molar-refractivity contribution in [3.8, 4) is 11.7 Å². The number of rotatable bonds is 6. The molecule has 0 aliphatic carbocycles. The van der Waals surface area contributed by atoms with E-state index >= 15 is 0 Å². The van der Waals surface area contributed by atoms with Crippen LogP contribution in [0.25, 0.3) is 11.7 Å². The molecule has 0 radical (unpaired) electrons. The monoisotopic (exact) mass is 380 g/mol. The summed E-state index contributed by atoms with van der Waals surface area (Å²) < 4.78 is 10.2. The lowest BCUT2D eigenvalue weighted by Gasteiger charge is -2.21. The predicted molar refractivity (Wildman–Crippen MR) is 94.9 cm³/mol. The van der Waals surface area contributed by atoms with Gasteiger partial charge in [-0.1, -0.05) is 17.3 Å². The van der Waals surface area contributed by atoms with E-state index in [2.05, 4.69) is 15.5 Å². The minimum atomic E-state index is -0.587. The standard InChI is InChI=1S/C19H16N4O5/c1-11(23-18(25)12-5-2-3-6-13(12)19(23)26)9-16(24)20-10-15-21-17(28-22-15)14-7-4-8-27-14/h2-8,11H,9-10H2,1H3,(H,20,24)/t11-/m0/s1. The molecule has 1 aliphatic heterocycles. The van der Waals surface area contributed by atoms with E-state index in [0.29, 0.717) is 16.9 Å². The van der Waals surface area contributed by atoms with Gasteiger partial charge in [0.25, 0.3) is 17.7 Å². The third-order valence-corrected chi connectivity index (χ3v) is 4.39. The fraction of sp³-hybridized carbons (Fsp3) is 0.211. The van der Waals surface area contributed by atoms with Crippen molar-refractivity contribution < 1.29 is 23.3 Å². The SMILES string of the molecule is C[C@@H](CC(=O)NCc1noc(-c2ccco2)n1)N1C(=O)c2ccccc2C1=O. The molecule has 0 bridgehead atoms. The molecule has 3 heterocycles. The van der Waals surface area contributed by atoms with E-state index in [-0.39, 0.29) is 42.4 Å². The fourth-order valence-corrected chi connectivity index (χ4v) is 3.04. The molecule has 9 heteroatoms. The molecule has 142 valence electrons. The average molecular weight is 380 g/mol. The third-order valence-electron chi connectivity index (χ3n) is 4.39. The zero-order valence-electron chi connectivity index (χ0n) is 14.9. The Balaban J connectivity index is 1.34. The smallest absolute Gasteiger partial charge is 0.293 e. The average Bonchev–Trinajstić information content (AvgIpc) is 3.41. The van der Waals surface area contributed by atoms with Crippen LogP contribution in [0.2, 0.25) is 0 Å². The fourth-order valence-electron chi connectivity index (χ4n) is 3.04. The molecule has 1 N–H and O–H groups in total. The summed E-state index contributed by atoms with van der Waals surface area (Å²) in [5.41, 5.74) is 0.717. The second kappa shape index (κ2) is 7.10. The molecule has 4 rings (SSSR count). The first-order chi connectivity index (χ1) is 13.5. The summed E-state index contributed by atoms with van der Waals surface area (Å²) in [5, 5.41) is 6.43. The van der Waals surface area contributed by atoms with E-state index in [0.717, 1.165) is 4.90 Å². The van der Waals surface area contributed by atoms with Crippen LogP contribution in [-0.4, -0.2) is 38.8 Å². The van der Waals surface area contributed by atoms with E-state index in [1.165, 1.54) is 6.26 Å². The van der Waals surface area contributed by atoms with Crippen LogP contribution in [0.1, 0.15) is 39.9 Å². The summed E-state index contributed by atoms with van der Waals surface area (Å²) in [6, 6.07) is 9.40. The molecule has 0 saturated carbocycles. The van der Waals surface area contributed by atoms with Crippen LogP contribution in [-0.2, 0) is 11.3 Å². The molecule has 9 nitrogen and oxygen atoms in total. The number of aromatic nitrogens is 2. The summed E-state index contributed by atoms with van der Waals surface area (Å²) in [6.45, 7) is 1.71. The molecule has 1 atom stereocenters. The largest absolute Gasteiger partial charge is 0.459 e. The van der Waals surface area contributed by atoms with Crippen molar-refractivity contribution in [3.63, 3.8) is 0 Å².